The quantitative estimate of drug-likeness (QED) is 0.535. The Morgan fingerprint density at radius 3 is 2.40 bits per heavy atom. The summed E-state index contributed by atoms with van der Waals surface area (Å²) < 4.78 is 22.3. The van der Waals surface area contributed by atoms with Crippen LogP contribution in [0.2, 0.25) is 0 Å². The average molecular weight is 421 g/mol. The molecule has 0 N–H and O–H groups in total. The average Bonchev–Trinajstić information content (AvgIpc) is 3.09. The Balaban J connectivity index is 1.52. The number of nitrogens with zero attached hydrogens (tertiary/aromatic N) is 2. The number of oxime groups is 1. The highest BCUT2D eigenvalue weighted by molar-refractivity contribution is 5.87. The van der Waals surface area contributed by atoms with Crippen molar-refractivity contribution >= 4 is 12.3 Å². The maximum absolute atomic E-state index is 12.3. The molecule has 1 spiro atoms. The molecule has 2 fully saturated rings. The van der Waals surface area contributed by atoms with Gasteiger partial charge in [0.1, 0.15) is 17.1 Å². The van der Waals surface area contributed by atoms with Crippen LogP contribution >= 0.6 is 0 Å². The van der Waals surface area contributed by atoms with E-state index >= 15 is 0 Å². The summed E-state index contributed by atoms with van der Waals surface area (Å²) in [5.74, 6) is 1.32. The third kappa shape index (κ3) is 5.36. The Kier molecular flexibility index (Phi) is 6.75. The minimum Gasteiger partial charge on any atom is -0.496 e. The molecule has 0 aromatic heterocycles. The van der Waals surface area contributed by atoms with E-state index in [9.17, 15) is 4.79 Å². The van der Waals surface area contributed by atoms with Gasteiger partial charge in [0.2, 0.25) is 0 Å². The Bertz CT molecular complexity index is 743. The fourth-order valence-corrected chi connectivity index (χ4v) is 3.82. The second-order valence-corrected chi connectivity index (χ2v) is 8.70. The number of rotatable bonds is 5. The molecule has 0 radical (unpaired) electrons. The topological polar surface area (TPSA) is 78.8 Å². The van der Waals surface area contributed by atoms with Gasteiger partial charge in [0.25, 0.3) is 0 Å². The second-order valence-electron chi connectivity index (χ2n) is 8.70. The standard InChI is InChI=1S/C22H32N2O6/c1-21(2,3)29-20(25)24-11-9-22(10-12-24)13-16(15-28-22)30-23-14-17-18(26-4)7-6-8-19(17)27-5/h6-8,14,16H,9-13,15H2,1-5H3/b23-14+. The van der Waals surface area contributed by atoms with E-state index in [0.717, 1.165) is 24.8 Å². The first-order chi connectivity index (χ1) is 14.3. The van der Waals surface area contributed by atoms with Gasteiger partial charge in [-0.2, -0.15) is 0 Å². The summed E-state index contributed by atoms with van der Waals surface area (Å²) in [6, 6.07) is 5.54. The van der Waals surface area contributed by atoms with Gasteiger partial charge in [-0.1, -0.05) is 11.2 Å². The largest absolute Gasteiger partial charge is 0.496 e. The molecule has 1 unspecified atom stereocenters. The number of hydrogen-bond acceptors (Lipinski definition) is 7. The highest BCUT2D eigenvalue weighted by atomic mass is 16.7. The molecule has 8 nitrogen and oxygen atoms in total. The van der Waals surface area contributed by atoms with Crippen LogP contribution < -0.4 is 9.47 Å². The Hall–Kier alpha value is -2.48. The van der Waals surface area contributed by atoms with Crippen LogP contribution in [0.1, 0.15) is 45.6 Å². The zero-order valence-corrected chi connectivity index (χ0v) is 18.5. The molecule has 0 bridgehead atoms. The summed E-state index contributed by atoms with van der Waals surface area (Å²) in [7, 11) is 3.20. The summed E-state index contributed by atoms with van der Waals surface area (Å²) in [6.07, 6.45) is 3.48. The SMILES string of the molecule is COc1cccc(OC)c1/C=N/OC1COC2(CCN(C(=O)OC(C)(C)C)CC2)C1. The lowest BCUT2D eigenvalue weighted by atomic mass is 9.88. The number of ether oxygens (including phenoxy) is 4. The van der Waals surface area contributed by atoms with Gasteiger partial charge in [-0.15, -0.1) is 0 Å². The van der Waals surface area contributed by atoms with Crippen LogP contribution in [0.4, 0.5) is 4.79 Å². The molecule has 166 valence electrons. The summed E-state index contributed by atoms with van der Waals surface area (Å²) in [6.45, 7) is 7.33. The molecule has 2 saturated heterocycles. The number of carbonyl (C=O) groups is 1. The predicted octanol–water partition coefficient (Wildman–Crippen LogP) is 3.61. The Morgan fingerprint density at radius 1 is 1.20 bits per heavy atom. The number of hydrogen-bond donors (Lipinski definition) is 0. The predicted molar refractivity (Wildman–Crippen MR) is 112 cm³/mol. The van der Waals surface area contributed by atoms with Gasteiger partial charge in [-0.05, 0) is 45.7 Å². The molecule has 2 heterocycles. The van der Waals surface area contributed by atoms with Crippen molar-refractivity contribution in [3.8, 4) is 11.5 Å². The highest BCUT2D eigenvalue weighted by Crippen LogP contribution is 2.37. The van der Waals surface area contributed by atoms with Gasteiger partial charge in [0.15, 0.2) is 6.10 Å². The molecule has 30 heavy (non-hydrogen) atoms. The fraction of sp³-hybridized carbons (Fsp3) is 0.636. The van der Waals surface area contributed by atoms with Crippen LogP contribution in [0.15, 0.2) is 23.4 Å². The molecule has 2 aliphatic heterocycles. The van der Waals surface area contributed by atoms with Crippen molar-refractivity contribution in [1.29, 1.82) is 0 Å². The van der Waals surface area contributed by atoms with Crippen LogP contribution in [-0.4, -0.2) is 68.4 Å². The van der Waals surface area contributed by atoms with Gasteiger partial charge in [0, 0.05) is 19.5 Å². The van der Waals surface area contributed by atoms with E-state index in [1.807, 2.05) is 39.0 Å². The van der Waals surface area contributed by atoms with Gasteiger partial charge >= 0.3 is 6.09 Å². The monoisotopic (exact) mass is 420 g/mol. The van der Waals surface area contributed by atoms with Crippen molar-refractivity contribution in [2.45, 2.75) is 57.3 Å². The van der Waals surface area contributed by atoms with Crippen LogP contribution in [0, 0.1) is 0 Å². The van der Waals surface area contributed by atoms with Crippen molar-refractivity contribution in [1.82, 2.24) is 4.90 Å². The fourth-order valence-electron chi connectivity index (χ4n) is 3.82. The van der Waals surface area contributed by atoms with Crippen LogP contribution in [0.5, 0.6) is 11.5 Å². The maximum Gasteiger partial charge on any atom is 0.410 e. The third-order valence-corrected chi connectivity index (χ3v) is 5.36. The second kappa shape index (κ2) is 9.12. The molecule has 1 atom stereocenters. The molecule has 1 aromatic carbocycles. The van der Waals surface area contributed by atoms with E-state index in [0.29, 0.717) is 31.2 Å². The van der Waals surface area contributed by atoms with Crippen molar-refractivity contribution in [3.63, 3.8) is 0 Å². The molecule has 8 heteroatoms. The number of amides is 1. The summed E-state index contributed by atoms with van der Waals surface area (Å²) in [4.78, 5) is 19.7. The lowest BCUT2D eigenvalue weighted by Crippen LogP contribution is -2.48. The number of methoxy groups -OCH3 is 2. The molecule has 1 aromatic rings. The lowest BCUT2D eigenvalue weighted by Gasteiger charge is -2.38. The van der Waals surface area contributed by atoms with Crippen molar-refractivity contribution in [2.75, 3.05) is 33.9 Å². The zero-order valence-electron chi connectivity index (χ0n) is 18.5. The first-order valence-electron chi connectivity index (χ1n) is 10.3. The Morgan fingerprint density at radius 2 is 1.83 bits per heavy atom. The number of likely N-dealkylation sites (tertiary alicyclic amines) is 1. The first-order valence-corrected chi connectivity index (χ1v) is 10.3. The number of carbonyl (C=O) groups excluding carboxylic acids is 1. The van der Waals surface area contributed by atoms with Gasteiger partial charge in [0.05, 0.1) is 38.2 Å². The molecule has 1 amide bonds. The molecule has 0 aliphatic carbocycles. The minimum absolute atomic E-state index is 0.130. The summed E-state index contributed by atoms with van der Waals surface area (Å²) in [5.41, 5.74) is -0.0281. The van der Waals surface area contributed by atoms with E-state index < -0.39 is 5.60 Å². The van der Waals surface area contributed by atoms with Crippen LogP contribution in [0.3, 0.4) is 0 Å². The van der Waals surface area contributed by atoms with Gasteiger partial charge in [-0.25, -0.2) is 4.79 Å². The Labute approximate surface area is 178 Å². The van der Waals surface area contributed by atoms with E-state index in [1.165, 1.54) is 0 Å². The molecule has 0 saturated carbocycles. The number of piperidine rings is 1. The summed E-state index contributed by atoms with van der Waals surface area (Å²) >= 11 is 0. The number of benzene rings is 1. The normalized spacial score (nSPS) is 21.1. The van der Waals surface area contributed by atoms with E-state index in [-0.39, 0.29) is 17.8 Å². The highest BCUT2D eigenvalue weighted by Gasteiger charge is 2.45. The smallest absolute Gasteiger partial charge is 0.410 e. The van der Waals surface area contributed by atoms with Crippen molar-refractivity contribution in [2.24, 2.45) is 5.16 Å². The van der Waals surface area contributed by atoms with Crippen molar-refractivity contribution < 1.29 is 28.6 Å². The molecular formula is C22H32N2O6. The third-order valence-electron chi connectivity index (χ3n) is 5.36. The van der Waals surface area contributed by atoms with E-state index in [2.05, 4.69) is 5.16 Å². The van der Waals surface area contributed by atoms with Crippen LogP contribution in [-0.2, 0) is 14.3 Å². The zero-order chi connectivity index (χ0) is 21.8. The molecule has 2 aliphatic rings. The molecule has 3 rings (SSSR count). The van der Waals surface area contributed by atoms with Crippen molar-refractivity contribution in [3.05, 3.63) is 23.8 Å². The van der Waals surface area contributed by atoms with Gasteiger partial charge < -0.3 is 28.7 Å². The van der Waals surface area contributed by atoms with E-state index in [1.54, 1.807) is 25.3 Å². The molecular weight excluding hydrogens is 388 g/mol. The summed E-state index contributed by atoms with van der Waals surface area (Å²) in [5, 5.41) is 4.15. The lowest BCUT2D eigenvalue weighted by molar-refractivity contribution is -0.0498. The van der Waals surface area contributed by atoms with Gasteiger partial charge in [-0.3, -0.25) is 0 Å². The first kappa shape index (κ1) is 22.2. The van der Waals surface area contributed by atoms with E-state index in [4.69, 9.17) is 23.8 Å². The minimum atomic E-state index is -0.489. The van der Waals surface area contributed by atoms with Crippen LogP contribution in [0.25, 0.3) is 0 Å². The maximum atomic E-state index is 12.3.